The fourth-order valence-electron chi connectivity index (χ4n) is 1.91. The molecule has 1 rings (SSSR count). The second-order valence-corrected chi connectivity index (χ2v) is 4.84. The van der Waals surface area contributed by atoms with Gasteiger partial charge in [0.25, 0.3) is 0 Å². The van der Waals surface area contributed by atoms with Gasteiger partial charge in [-0.15, -0.1) is 0 Å². The number of benzene rings is 1. The molecule has 0 heterocycles. The van der Waals surface area contributed by atoms with Gasteiger partial charge in [-0.2, -0.15) is 0 Å². The van der Waals surface area contributed by atoms with Crippen LogP contribution in [0.4, 0.5) is 5.69 Å². The fraction of sp³-hybridized carbons (Fsp3) is 0.467. The molecular formula is C15H23N3O3. The standard InChI is InChI=1S/C15H23N3O3/c1-2-3-8-18(9-10-19)11-14(20)17-13-6-4-12(5-7-13)15(16)21/h4-7,19H,2-3,8-11H2,1H3,(H2,16,21)(H,17,20). The molecule has 0 spiro atoms. The van der Waals surface area contributed by atoms with Crippen molar-refractivity contribution >= 4 is 17.5 Å². The van der Waals surface area contributed by atoms with E-state index in [9.17, 15) is 9.59 Å². The van der Waals surface area contributed by atoms with Crippen molar-refractivity contribution in [3.63, 3.8) is 0 Å². The van der Waals surface area contributed by atoms with Crippen LogP contribution in [0, 0.1) is 0 Å². The molecule has 116 valence electrons. The summed E-state index contributed by atoms with van der Waals surface area (Å²) in [6.45, 7) is 3.61. The summed E-state index contributed by atoms with van der Waals surface area (Å²) in [5, 5.41) is 11.8. The molecule has 0 bridgehead atoms. The molecule has 0 saturated carbocycles. The highest BCUT2D eigenvalue weighted by molar-refractivity contribution is 5.95. The van der Waals surface area contributed by atoms with E-state index in [0.717, 1.165) is 19.4 Å². The van der Waals surface area contributed by atoms with E-state index in [-0.39, 0.29) is 19.1 Å². The van der Waals surface area contributed by atoms with Crippen LogP contribution in [-0.2, 0) is 4.79 Å². The first-order chi connectivity index (χ1) is 10.1. The number of aliphatic hydroxyl groups excluding tert-OH is 1. The summed E-state index contributed by atoms with van der Waals surface area (Å²) >= 11 is 0. The zero-order chi connectivity index (χ0) is 15.7. The van der Waals surface area contributed by atoms with Gasteiger partial charge in [-0.1, -0.05) is 13.3 Å². The number of hydrogen-bond donors (Lipinski definition) is 3. The molecule has 0 aromatic heterocycles. The van der Waals surface area contributed by atoms with Gasteiger partial charge in [-0.05, 0) is 37.2 Å². The Kier molecular flexibility index (Phi) is 7.42. The van der Waals surface area contributed by atoms with Crippen molar-refractivity contribution < 1.29 is 14.7 Å². The van der Waals surface area contributed by atoms with Gasteiger partial charge < -0.3 is 16.2 Å². The first kappa shape index (κ1) is 17.1. The second-order valence-electron chi connectivity index (χ2n) is 4.84. The molecule has 4 N–H and O–H groups in total. The summed E-state index contributed by atoms with van der Waals surface area (Å²) < 4.78 is 0. The summed E-state index contributed by atoms with van der Waals surface area (Å²) in [6.07, 6.45) is 2.03. The van der Waals surface area contributed by atoms with Crippen LogP contribution in [0.1, 0.15) is 30.1 Å². The number of amides is 2. The number of nitrogens with zero attached hydrogens (tertiary/aromatic N) is 1. The van der Waals surface area contributed by atoms with Crippen LogP contribution >= 0.6 is 0 Å². The van der Waals surface area contributed by atoms with Crippen LogP contribution < -0.4 is 11.1 Å². The van der Waals surface area contributed by atoms with Gasteiger partial charge in [0, 0.05) is 17.8 Å². The normalized spacial score (nSPS) is 10.6. The first-order valence-corrected chi connectivity index (χ1v) is 7.09. The molecular weight excluding hydrogens is 270 g/mol. The van der Waals surface area contributed by atoms with Crippen LogP contribution in [0.5, 0.6) is 0 Å². The fourth-order valence-corrected chi connectivity index (χ4v) is 1.91. The monoisotopic (exact) mass is 293 g/mol. The van der Waals surface area contributed by atoms with Gasteiger partial charge in [0.1, 0.15) is 0 Å². The van der Waals surface area contributed by atoms with Gasteiger partial charge in [0.2, 0.25) is 11.8 Å². The molecule has 0 fully saturated rings. The van der Waals surface area contributed by atoms with Crippen LogP contribution in [0.3, 0.4) is 0 Å². The lowest BCUT2D eigenvalue weighted by Gasteiger charge is -2.20. The molecule has 0 atom stereocenters. The van der Waals surface area contributed by atoms with Crippen molar-refractivity contribution in [2.45, 2.75) is 19.8 Å². The summed E-state index contributed by atoms with van der Waals surface area (Å²) in [5.41, 5.74) is 6.17. The molecule has 0 saturated heterocycles. The topological polar surface area (TPSA) is 95.7 Å². The molecule has 0 aliphatic rings. The largest absolute Gasteiger partial charge is 0.395 e. The van der Waals surface area contributed by atoms with Crippen LogP contribution in [0.2, 0.25) is 0 Å². The van der Waals surface area contributed by atoms with Crippen molar-refractivity contribution in [1.29, 1.82) is 0 Å². The lowest BCUT2D eigenvalue weighted by Crippen LogP contribution is -2.35. The van der Waals surface area contributed by atoms with E-state index in [1.165, 1.54) is 0 Å². The third kappa shape index (κ3) is 6.37. The van der Waals surface area contributed by atoms with Crippen molar-refractivity contribution in [3.05, 3.63) is 29.8 Å². The average Bonchev–Trinajstić information content (AvgIpc) is 2.45. The minimum Gasteiger partial charge on any atom is -0.395 e. The maximum atomic E-state index is 12.0. The molecule has 6 nitrogen and oxygen atoms in total. The highest BCUT2D eigenvalue weighted by Gasteiger charge is 2.10. The van der Waals surface area contributed by atoms with Crippen LogP contribution in [-0.4, -0.2) is 48.1 Å². The van der Waals surface area contributed by atoms with Gasteiger partial charge >= 0.3 is 0 Å². The Balaban J connectivity index is 2.52. The first-order valence-electron chi connectivity index (χ1n) is 7.09. The zero-order valence-electron chi connectivity index (χ0n) is 12.3. The van der Waals surface area contributed by atoms with Crippen molar-refractivity contribution in [1.82, 2.24) is 4.90 Å². The van der Waals surface area contributed by atoms with Gasteiger partial charge in [-0.25, -0.2) is 0 Å². The van der Waals surface area contributed by atoms with Crippen LogP contribution in [0.25, 0.3) is 0 Å². The maximum Gasteiger partial charge on any atom is 0.248 e. The summed E-state index contributed by atoms with van der Waals surface area (Å²) in [5.74, 6) is -0.645. The number of anilines is 1. The Hall–Kier alpha value is -1.92. The predicted octanol–water partition coefficient (Wildman–Crippen LogP) is 0.818. The smallest absolute Gasteiger partial charge is 0.248 e. The number of nitrogens with two attached hydrogens (primary N) is 1. The Morgan fingerprint density at radius 1 is 1.24 bits per heavy atom. The lowest BCUT2D eigenvalue weighted by atomic mass is 10.2. The van der Waals surface area contributed by atoms with E-state index in [1.807, 2.05) is 4.90 Å². The lowest BCUT2D eigenvalue weighted by molar-refractivity contribution is -0.117. The highest BCUT2D eigenvalue weighted by Crippen LogP contribution is 2.09. The Labute approximate surface area is 124 Å². The molecule has 0 aliphatic carbocycles. The number of unbranched alkanes of at least 4 members (excludes halogenated alkanes) is 1. The Morgan fingerprint density at radius 2 is 1.90 bits per heavy atom. The number of nitrogens with one attached hydrogen (secondary N) is 1. The molecule has 0 radical (unpaired) electrons. The highest BCUT2D eigenvalue weighted by atomic mass is 16.3. The molecule has 2 amide bonds. The molecule has 0 unspecified atom stereocenters. The number of hydrogen-bond acceptors (Lipinski definition) is 4. The second kappa shape index (κ2) is 9.10. The molecule has 1 aromatic carbocycles. The zero-order valence-corrected chi connectivity index (χ0v) is 12.3. The van der Waals surface area contributed by atoms with Gasteiger partial charge in [0.15, 0.2) is 0 Å². The number of carbonyl (C=O) groups is 2. The SMILES string of the molecule is CCCCN(CCO)CC(=O)Nc1ccc(C(N)=O)cc1. The van der Waals surface area contributed by atoms with E-state index in [4.69, 9.17) is 10.8 Å². The van der Waals surface area contributed by atoms with E-state index in [2.05, 4.69) is 12.2 Å². The van der Waals surface area contributed by atoms with E-state index >= 15 is 0 Å². The average molecular weight is 293 g/mol. The van der Waals surface area contributed by atoms with Gasteiger partial charge in [-0.3, -0.25) is 14.5 Å². The third-order valence-electron chi connectivity index (χ3n) is 3.06. The van der Waals surface area contributed by atoms with Crippen molar-refractivity contribution in [3.8, 4) is 0 Å². The summed E-state index contributed by atoms with van der Waals surface area (Å²) in [4.78, 5) is 24.8. The minimum atomic E-state index is -0.499. The quantitative estimate of drug-likeness (QED) is 0.628. The number of primary amides is 1. The Morgan fingerprint density at radius 3 is 2.43 bits per heavy atom. The van der Waals surface area contributed by atoms with E-state index in [0.29, 0.717) is 17.8 Å². The molecule has 1 aromatic rings. The number of rotatable bonds is 9. The van der Waals surface area contributed by atoms with Crippen LogP contribution in [0.15, 0.2) is 24.3 Å². The molecule has 0 aliphatic heterocycles. The Bertz CT molecular complexity index is 460. The predicted molar refractivity (Wildman–Crippen MR) is 82.0 cm³/mol. The van der Waals surface area contributed by atoms with Gasteiger partial charge in [0.05, 0.1) is 13.2 Å². The van der Waals surface area contributed by atoms with E-state index < -0.39 is 5.91 Å². The summed E-state index contributed by atoms with van der Waals surface area (Å²) in [7, 11) is 0. The summed E-state index contributed by atoms with van der Waals surface area (Å²) in [6, 6.07) is 6.42. The number of carbonyl (C=O) groups excluding carboxylic acids is 2. The third-order valence-corrected chi connectivity index (χ3v) is 3.06. The molecule has 21 heavy (non-hydrogen) atoms. The van der Waals surface area contributed by atoms with E-state index in [1.54, 1.807) is 24.3 Å². The maximum absolute atomic E-state index is 12.0. The van der Waals surface area contributed by atoms with Crippen molar-refractivity contribution in [2.24, 2.45) is 5.73 Å². The van der Waals surface area contributed by atoms with Crippen molar-refractivity contribution in [2.75, 3.05) is 31.6 Å². The molecule has 6 heteroatoms. The number of aliphatic hydroxyl groups is 1. The minimum absolute atomic E-state index is 0.0320.